The third kappa shape index (κ3) is 3.82. The first kappa shape index (κ1) is 17.4. The molecule has 0 saturated carbocycles. The fourth-order valence-electron chi connectivity index (χ4n) is 2.88. The number of rotatable bonds is 2. The lowest BCUT2D eigenvalue weighted by Gasteiger charge is -2.32. The van der Waals surface area contributed by atoms with Gasteiger partial charge in [0.15, 0.2) is 0 Å². The topological polar surface area (TPSA) is 97.1 Å². The number of nitrogens with one attached hydrogen (secondary N) is 1. The van der Waals surface area contributed by atoms with Crippen molar-refractivity contribution >= 4 is 11.6 Å². The summed E-state index contributed by atoms with van der Waals surface area (Å²) in [6.07, 6.45) is -0.277. The van der Waals surface area contributed by atoms with Crippen LogP contribution in [0.1, 0.15) is 54.4 Å². The first-order chi connectivity index (χ1) is 11.7. The molecule has 1 aliphatic rings. The predicted molar refractivity (Wildman–Crippen MR) is 95.3 cm³/mol. The van der Waals surface area contributed by atoms with Crippen LogP contribution >= 0.6 is 0 Å². The van der Waals surface area contributed by atoms with Crippen molar-refractivity contribution in [3.05, 3.63) is 41.0 Å². The number of hydrogen-bond acceptors (Lipinski definition) is 5. The predicted octanol–water partition coefficient (Wildman–Crippen LogP) is 2.21. The Bertz CT molecular complexity index is 758. The average Bonchev–Trinajstić information content (AvgIpc) is 3.03. The molecular formula is C18H25N5O2. The Morgan fingerprint density at radius 1 is 1.36 bits per heavy atom. The van der Waals surface area contributed by atoms with Gasteiger partial charge in [-0.3, -0.25) is 14.9 Å². The zero-order valence-electron chi connectivity index (χ0n) is 15.2. The summed E-state index contributed by atoms with van der Waals surface area (Å²) in [6.45, 7) is 9.56. The average molecular weight is 343 g/mol. The van der Waals surface area contributed by atoms with Gasteiger partial charge in [-0.1, -0.05) is 20.8 Å². The summed E-state index contributed by atoms with van der Waals surface area (Å²) in [4.78, 5) is 19.1. The van der Waals surface area contributed by atoms with Gasteiger partial charge in [0.25, 0.3) is 5.91 Å². The van der Waals surface area contributed by atoms with Gasteiger partial charge in [0.1, 0.15) is 11.8 Å². The van der Waals surface area contributed by atoms with Crippen molar-refractivity contribution in [1.82, 2.24) is 20.1 Å². The molecule has 1 fully saturated rings. The Morgan fingerprint density at radius 3 is 2.76 bits per heavy atom. The number of aromatic nitrogens is 3. The third-order valence-corrected chi connectivity index (χ3v) is 4.28. The number of nitrogens with zero attached hydrogens (tertiary/aromatic N) is 3. The molecule has 1 amide bonds. The maximum atomic E-state index is 12.8. The molecule has 3 rings (SSSR count). The fraction of sp³-hybridized carbons (Fsp3) is 0.500. The number of pyridine rings is 1. The Balaban J connectivity index is 1.76. The molecule has 7 heteroatoms. The molecule has 2 aromatic heterocycles. The Morgan fingerprint density at radius 2 is 2.12 bits per heavy atom. The molecule has 0 unspecified atom stereocenters. The molecular weight excluding hydrogens is 318 g/mol. The van der Waals surface area contributed by atoms with Crippen LogP contribution in [0, 0.1) is 6.92 Å². The van der Waals surface area contributed by atoms with E-state index in [1.807, 2.05) is 19.1 Å². The molecule has 2 aromatic rings. The zero-order chi connectivity index (χ0) is 18.2. The number of carbonyl (C=O) groups excluding carboxylic acids is 1. The highest BCUT2D eigenvalue weighted by Crippen LogP contribution is 2.25. The van der Waals surface area contributed by atoms with Crippen molar-refractivity contribution in [3.63, 3.8) is 0 Å². The molecule has 0 spiro atoms. The van der Waals surface area contributed by atoms with Gasteiger partial charge in [0, 0.05) is 29.0 Å². The van der Waals surface area contributed by atoms with E-state index in [9.17, 15) is 4.79 Å². The maximum absolute atomic E-state index is 12.8. The summed E-state index contributed by atoms with van der Waals surface area (Å²) < 4.78 is 5.81. The van der Waals surface area contributed by atoms with Gasteiger partial charge >= 0.3 is 0 Å². The number of carbonyl (C=O) groups is 1. The van der Waals surface area contributed by atoms with Gasteiger partial charge in [-0.2, -0.15) is 5.10 Å². The van der Waals surface area contributed by atoms with Crippen LogP contribution in [-0.2, 0) is 10.2 Å². The SMILES string of the molecule is Cc1cc(N)cc([C@H]2CN(C(=O)c3cc(C(C)(C)C)[nH]n3)CCO2)n1. The number of aryl methyl sites for hydroxylation is 1. The van der Waals surface area contributed by atoms with Crippen LogP contribution in [0.15, 0.2) is 18.2 Å². The lowest BCUT2D eigenvalue weighted by atomic mass is 9.92. The van der Waals surface area contributed by atoms with Gasteiger partial charge in [-0.25, -0.2) is 0 Å². The monoisotopic (exact) mass is 343 g/mol. The molecule has 0 aliphatic carbocycles. The molecule has 25 heavy (non-hydrogen) atoms. The lowest BCUT2D eigenvalue weighted by molar-refractivity contribution is -0.0249. The zero-order valence-corrected chi connectivity index (χ0v) is 15.2. The highest BCUT2D eigenvalue weighted by atomic mass is 16.5. The molecule has 1 saturated heterocycles. The number of morpholine rings is 1. The van der Waals surface area contributed by atoms with E-state index in [1.165, 1.54) is 0 Å². The molecule has 3 heterocycles. The number of aromatic amines is 1. The Hall–Kier alpha value is -2.41. The van der Waals surface area contributed by atoms with E-state index in [0.717, 1.165) is 17.1 Å². The van der Waals surface area contributed by atoms with Crippen LogP contribution in [-0.4, -0.2) is 45.7 Å². The highest BCUT2D eigenvalue weighted by molar-refractivity contribution is 5.92. The van der Waals surface area contributed by atoms with Gasteiger partial charge in [-0.05, 0) is 25.1 Å². The summed E-state index contributed by atoms with van der Waals surface area (Å²) in [5.41, 5.74) is 9.44. The second-order valence-electron chi connectivity index (χ2n) is 7.49. The van der Waals surface area contributed by atoms with Crippen molar-refractivity contribution in [2.45, 2.75) is 39.2 Å². The van der Waals surface area contributed by atoms with E-state index in [4.69, 9.17) is 10.5 Å². The van der Waals surface area contributed by atoms with E-state index >= 15 is 0 Å². The molecule has 0 bridgehead atoms. The normalized spacial score (nSPS) is 18.4. The van der Waals surface area contributed by atoms with E-state index in [1.54, 1.807) is 11.0 Å². The summed E-state index contributed by atoms with van der Waals surface area (Å²) in [6, 6.07) is 5.45. The van der Waals surface area contributed by atoms with Crippen LogP contribution in [0.2, 0.25) is 0 Å². The van der Waals surface area contributed by atoms with Crippen molar-refractivity contribution < 1.29 is 9.53 Å². The van der Waals surface area contributed by atoms with Gasteiger partial charge in [0.05, 0.1) is 18.8 Å². The minimum Gasteiger partial charge on any atom is -0.399 e. The van der Waals surface area contributed by atoms with E-state index in [0.29, 0.717) is 31.1 Å². The van der Waals surface area contributed by atoms with Crippen molar-refractivity contribution in [2.24, 2.45) is 0 Å². The van der Waals surface area contributed by atoms with Crippen molar-refractivity contribution in [2.75, 3.05) is 25.4 Å². The molecule has 1 aliphatic heterocycles. The standard InChI is InChI=1S/C18H25N5O2/c1-11-7-12(19)8-13(20-11)15-10-23(5-6-25-15)17(24)14-9-16(22-21-14)18(2,3)4/h7-9,15H,5-6,10H2,1-4H3,(H2,19,20)(H,21,22)/t15-/m1/s1. The first-order valence-corrected chi connectivity index (χ1v) is 8.45. The van der Waals surface area contributed by atoms with Gasteiger partial charge in [-0.15, -0.1) is 0 Å². The molecule has 3 N–H and O–H groups in total. The highest BCUT2D eigenvalue weighted by Gasteiger charge is 2.29. The van der Waals surface area contributed by atoms with E-state index < -0.39 is 0 Å². The molecule has 1 atom stereocenters. The van der Waals surface area contributed by atoms with E-state index in [2.05, 4.69) is 36.0 Å². The molecule has 7 nitrogen and oxygen atoms in total. The van der Waals surface area contributed by atoms with Crippen LogP contribution in [0.5, 0.6) is 0 Å². The number of ether oxygens (including phenoxy) is 1. The lowest BCUT2D eigenvalue weighted by Crippen LogP contribution is -2.42. The number of hydrogen-bond donors (Lipinski definition) is 2. The fourth-order valence-corrected chi connectivity index (χ4v) is 2.88. The summed E-state index contributed by atoms with van der Waals surface area (Å²) in [5.74, 6) is -0.0966. The number of anilines is 1. The van der Waals surface area contributed by atoms with Gasteiger partial charge in [0.2, 0.25) is 0 Å². The number of H-pyrrole nitrogens is 1. The first-order valence-electron chi connectivity index (χ1n) is 8.45. The van der Waals surface area contributed by atoms with Crippen LogP contribution in [0.3, 0.4) is 0 Å². The van der Waals surface area contributed by atoms with Crippen LogP contribution in [0.25, 0.3) is 0 Å². The Kier molecular flexibility index (Phi) is 4.51. The quantitative estimate of drug-likeness (QED) is 0.871. The van der Waals surface area contributed by atoms with Crippen LogP contribution < -0.4 is 5.73 Å². The number of nitrogens with two attached hydrogens (primary N) is 1. The minimum absolute atomic E-state index is 0.0813. The summed E-state index contributed by atoms with van der Waals surface area (Å²) in [7, 11) is 0. The number of nitrogen functional groups attached to an aromatic ring is 1. The second kappa shape index (κ2) is 6.48. The largest absolute Gasteiger partial charge is 0.399 e. The number of amides is 1. The summed E-state index contributed by atoms with van der Waals surface area (Å²) >= 11 is 0. The molecule has 0 aromatic carbocycles. The third-order valence-electron chi connectivity index (χ3n) is 4.28. The minimum atomic E-state index is -0.277. The van der Waals surface area contributed by atoms with Crippen molar-refractivity contribution in [3.8, 4) is 0 Å². The summed E-state index contributed by atoms with van der Waals surface area (Å²) in [5, 5.41) is 7.16. The molecule has 0 radical (unpaired) electrons. The second-order valence-corrected chi connectivity index (χ2v) is 7.49. The Labute approximate surface area is 147 Å². The smallest absolute Gasteiger partial charge is 0.274 e. The maximum Gasteiger partial charge on any atom is 0.274 e. The van der Waals surface area contributed by atoms with Crippen molar-refractivity contribution in [1.29, 1.82) is 0 Å². The van der Waals surface area contributed by atoms with Crippen LogP contribution in [0.4, 0.5) is 5.69 Å². The van der Waals surface area contributed by atoms with Gasteiger partial charge < -0.3 is 15.4 Å². The molecule has 134 valence electrons. The van der Waals surface area contributed by atoms with E-state index in [-0.39, 0.29) is 17.4 Å².